The second kappa shape index (κ2) is 8.51. The summed E-state index contributed by atoms with van der Waals surface area (Å²) in [6.45, 7) is 6.70. The van der Waals surface area contributed by atoms with Crippen molar-refractivity contribution < 1.29 is 9.90 Å². The van der Waals surface area contributed by atoms with E-state index in [1.165, 1.54) is 0 Å². The van der Waals surface area contributed by atoms with Crippen molar-refractivity contribution in [2.75, 3.05) is 26.2 Å². The van der Waals surface area contributed by atoms with Crippen LogP contribution in [0.4, 0.5) is 0 Å². The maximum atomic E-state index is 11.8. The zero-order chi connectivity index (χ0) is 14.3. The molecule has 1 unspecified atom stereocenters. The third kappa shape index (κ3) is 5.89. The van der Waals surface area contributed by atoms with Crippen LogP contribution in [0.25, 0.3) is 0 Å². The molecule has 1 rings (SSSR count). The Balaban J connectivity index is 2.20. The Morgan fingerprint density at radius 1 is 1.37 bits per heavy atom. The summed E-state index contributed by atoms with van der Waals surface area (Å²) in [7, 11) is 0. The zero-order valence-electron chi connectivity index (χ0n) is 12.3. The minimum atomic E-state index is -0.436. The molecule has 112 valence electrons. The Kier molecular flexibility index (Phi) is 7.34. The van der Waals surface area contributed by atoms with E-state index < -0.39 is 6.10 Å². The van der Waals surface area contributed by atoms with Crippen molar-refractivity contribution in [2.45, 2.75) is 51.7 Å². The molecule has 1 fully saturated rings. The van der Waals surface area contributed by atoms with Crippen LogP contribution in [0.2, 0.25) is 0 Å². The molecule has 1 atom stereocenters. The number of hydrogen-bond acceptors (Lipinski definition) is 4. The number of nitrogens with zero attached hydrogens (tertiary/aromatic N) is 1. The van der Waals surface area contributed by atoms with Crippen molar-refractivity contribution in [3.8, 4) is 0 Å². The number of rotatable bonds is 7. The lowest BCUT2D eigenvalue weighted by molar-refractivity contribution is -0.123. The van der Waals surface area contributed by atoms with Crippen LogP contribution >= 0.6 is 0 Å². The second-order valence-corrected chi connectivity index (χ2v) is 5.56. The van der Waals surface area contributed by atoms with Gasteiger partial charge in [-0.2, -0.15) is 0 Å². The minimum absolute atomic E-state index is 0.000442. The molecule has 1 heterocycles. The van der Waals surface area contributed by atoms with Crippen molar-refractivity contribution in [3.05, 3.63) is 0 Å². The second-order valence-electron chi connectivity index (χ2n) is 5.56. The SMILES string of the molecule is CCC(CC)C(O)CNC(=O)CN1CCC(N)CC1. The maximum absolute atomic E-state index is 11.8. The molecule has 0 spiro atoms. The number of likely N-dealkylation sites (tertiary alicyclic amines) is 1. The van der Waals surface area contributed by atoms with Gasteiger partial charge in [-0.3, -0.25) is 9.69 Å². The molecule has 0 radical (unpaired) electrons. The van der Waals surface area contributed by atoms with E-state index in [4.69, 9.17) is 5.73 Å². The zero-order valence-corrected chi connectivity index (χ0v) is 12.3. The molecule has 1 saturated heterocycles. The molecule has 1 aliphatic heterocycles. The Morgan fingerprint density at radius 2 is 1.95 bits per heavy atom. The monoisotopic (exact) mass is 271 g/mol. The summed E-state index contributed by atoms with van der Waals surface area (Å²) in [4.78, 5) is 13.9. The van der Waals surface area contributed by atoms with Gasteiger partial charge in [-0.25, -0.2) is 0 Å². The highest BCUT2D eigenvalue weighted by molar-refractivity contribution is 5.78. The number of aliphatic hydroxyl groups excluding tert-OH is 1. The van der Waals surface area contributed by atoms with E-state index in [0.717, 1.165) is 38.8 Å². The number of carbonyl (C=O) groups is 1. The molecule has 1 aliphatic rings. The average Bonchev–Trinajstić information content (AvgIpc) is 2.40. The van der Waals surface area contributed by atoms with Crippen LogP contribution in [0.5, 0.6) is 0 Å². The van der Waals surface area contributed by atoms with Crippen molar-refractivity contribution >= 4 is 5.91 Å². The van der Waals surface area contributed by atoms with Crippen LogP contribution in [0.3, 0.4) is 0 Å². The lowest BCUT2D eigenvalue weighted by atomic mass is 9.96. The number of carbonyl (C=O) groups excluding carboxylic acids is 1. The van der Waals surface area contributed by atoms with E-state index >= 15 is 0 Å². The third-order valence-electron chi connectivity index (χ3n) is 4.10. The molecule has 4 N–H and O–H groups in total. The van der Waals surface area contributed by atoms with Crippen LogP contribution in [0.1, 0.15) is 39.5 Å². The summed E-state index contributed by atoms with van der Waals surface area (Å²) >= 11 is 0. The summed E-state index contributed by atoms with van der Waals surface area (Å²) < 4.78 is 0. The van der Waals surface area contributed by atoms with Crippen LogP contribution < -0.4 is 11.1 Å². The van der Waals surface area contributed by atoms with E-state index in [1.54, 1.807) is 0 Å². The molecule has 0 saturated carbocycles. The number of aliphatic hydroxyl groups is 1. The number of nitrogens with one attached hydrogen (secondary N) is 1. The quantitative estimate of drug-likeness (QED) is 0.623. The first-order valence-electron chi connectivity index (χ1n) is 7.49. The van der Waals surface area contributed by atoms with Gasteiger partial charge in [0.05, 0.1) is 12.6 Å². The number of nitrogens with two attached hydrogens (primary N) is 1. The fourth-order valence-electron chi connectivity index (χ4n) is 2.59. The van der Waals surface area contributed by atoms with Gasteiger partial charge in [-0.15, -0.1) is 0 Å². The lowest BCUT2D eigenvalue weighted by Gasteiger charge is -2.29. The lowest BCUT2D eigenvalue weighted by Crippen LogP contribution is -2.46. The van der Waals surface area contributed by atoms with Crippen molar-refractivity contribution in [1.82, 2.24) is 10.2 Å². The highest BCUT2D eigenvalue weighted by Gasteiger charge is 2.20. The molecular formula is C14H29N3O2. The number of piperidine rings is 1. The van der Waals surface area contributed by atoms with Crippen LogP contribution in [0.15, 0.2) is 0 Å². The smallest absolute Gasteiger partial charge is 0.234 e. The van der Waals surface area contributed by atoms with Crippen molar-refractivity contribution in [3.63, 3.8) is 0 Å². The fraction of sp³-hybridized carbons (Fsp3) is 0.929. The van der Waals surface area contributed by atoms with E-state index in [9.17, 15) is 9.90 Å². The predicted molar refractivity (Wildman–Crippen MR) is 76.7 cm³/mol. The van der Waals surface area contributed by atoms with Gasteiger partial charge >= 0.3 is 0 Å². The summed E-state index contributed by atoms with van der Waals surface area (Å²) in [5.74, 6) is 0.272. The van der Waals surface area contributed by atoms with Crippen LogP contribution in [-0.4, -0.2) is 54.2 Å². The maximum Gasteiger partial charge on any atom is 0.234 e. The highest BCUT2D eigenvalue weighted by atomic mass is 16.3. The van der Waals surface area contributed by atoms with Gasteiger partial charge in [-0.1, -0.05) is 26.7 Å². The molecule has 1 amide bonds. The van der Waals surface area contributed by atoms with Gasteiger partial charge in [0.2, 0.25) is 5.91 Å². The minimum Gasteiger partial charge on any atom is -0.391 e. The van der Waals surface area contributed by atoms with Crippen molar-refractivity contribution in [1.29, 1.82) is 0 Å². The molecule has 0 aromatic rings. The van der Waals surface area contributed by atoms with Gasteiger partial charge in [0.15, 0.2) is 0 Å². The molecule has 5 heteroatoms. The van der Waals surface area contributed by atoms with Gasteiger partial charge in [0, 0.05) is 25.7 Å². The average molecular weight is 271 g/mol. The normalized spacial score (nSPS) is 19.6. The van der Waals surface area contributed by atoms with Gasteiger partial charge in [0.25, 0.3) is 0 Å². The fourth-order valence-corrected chi connectivity index (χ4v) is 2.59. The Bertz CT molecular complexity index is 261. The van der Waals surface area contributed by atoms with Crippen molar-refractivity contribution in [2.24, 2.45) is 11.7 Å². The molecule has 0 aromatic carbocycles. The van der Waals surface area contributed by atoms with E-state index in [0.29, 0.717) is 13.1 Å². The summed E-state index contributed by atoms with van der Waals surface area (Å²) in [5, 5.41) is 12.8. The Morgan fingerprint density at radius 3 is 2.47 bits per heavy atom. The van der Waals surface area contributed by atoms with Gasteiger partial charge in [0.1, 0.15) is 0 Å². The van der Waals surface area contributed by atoms with Crippen LogP contribution in [0, 0.1) is 5.92 Å². The predicted octanol–water partition coefficient (Wildman–Crippen LogP) is 0.323. The van der Waals surface area contributed by atoms with Gasteiger partial charge < -0.3 is 16.2 Å². The van der Waals surface area contributed by atoms with Crippen LogP contribution in [-0.2, 0) is 4.79 Å². The summed E-state index contributed by atoms with van der Waals surface area (Å²) in [5.41, 5.74) is 5.83. The Hall–Kier alpha value is -0.650. The summed E-state index contributed by atoms with van der Waals surface area (Å²) in [6, 6.07) is 0.288. The molecule has 0 aliphatic carbocycles. The largest absolute Gasteiger partial charge is 0.391 e. The van der Waals surface area contributed by atoms with E-state index in [-0.39, 0.29) is 17.9 Å². The first-order chi connectivity index (χ1) is 9.06. The first-order valence-corrected chi connectivity index (χ1v) is 7.49. The molecule has 19 heavy (non-hydrogen) atoms. The molecule has 0 bridgehead atoms. The Labute approximate surface area is 116 Å². The molecule has 5 nitrogen and oxygen atoms in total. The standard InChI is InChI=1S/C14H29N3O2/c1-3-11(4-2)13(18)9-16-14(19)10-17-7-5-12(15)6-8-17/h11-13,18H,3-10,15H2,1-2H3,(H,16,19). The van der Waals surface area contributed by atoms with E-state index in [1.807, 2.05) is 0 Å². The summed E-state index contributed by atoms with van der Waals surface area (Å²) in [6.07, 6.45) is 3.37. The topological polar surface area (TPSA) is 78.6 Å². The molecule has 0 aromatic heterocycles. The highest BCUT2D eigenvalue weighted by Crippen LogP contribution is 2.12. The number of amides is 1. The van der Waals surface area contributed by atoms with Gasteiger partial charge in [-0.05, 0) is 18.8 Å². The molecular weight excluding hydrogens is 242 g/mol. The third-order valence-corrected chi connectivity index (χ3v) is 4.10. The van der Waals surface area contributed by atoms with E-state index in [2.05, 4.69) is 24.1 Å². The number of hydrogen-bond donors (Lipinski definition) is 3. The first kappa shape index (κ1) is 16.4.